The SMILES string of the molecule is CC(=O)OCCCCCS(N)(=O)=O. The number of sulfonamides is 1. The van der Waals surface area contributed by atoms with E-state index in [0.717, 1.165) is 0 Å². The highest BCUT2D eigenvalue weighted by Crippen LogP contribution is 1.97. The van der Waals surface area contributed by atoms with E-state index < -0.39 is 10.0 Å². The number of primary sulfonamides is 1. The molecule has 0 unspecified atom stereocenters. The van der Waals surface area contributed by atoms with E-state index in [9.17, 15) is 13.2 Å². The summed E-state index contributed by atoms with van der Waals surface area (Å²) in [4.78, 5) is 10.3. The minimum atomic E-state index is -3.34. The van der Waals surface area contributed by atoms with Crippen LogP contribution in [-0.4, -0.2) is 26.7 Å². The Morgan fingerprint density at radius 2 is 1.92 bits per heavy atom. The Kier molecular flexibility index (Phi) is 5.65. The van der Waals surface area contributed by atoms with Gasteiger partial charge in [-0.1, -0.05) is 0 Å². The Hall–Kier alpha value is -0.620. The number of carbonyl (C=O) groups excluding carboxylic acids is 1. The monoisotopic (exact) mass is 209 g/mol. The molecule has 0 aliphatic carbocycles. The van der Waals surface area contributed by atoms with Gasteiger partial charge in [0.05, 0.1) is 12.4 Å². The molecule has 0 radical (unpaired) electrons. The van der Waals surface area contributed by atoms with Crippen molar-refractivity contribution in [1.29, 1.82) is 0 Å². The number of esters is 1. The van der Waals surface area contributed by atoms with Gasteiger partial charge in [0.2, 0.25) is 10.0 Å². The number of carbonyl (C=O) groups is 1. The van der Waals surface area contributed by atoms with E-state index in [2.05, 4.69) is 4.74 Å². The van der Waals surface area contributed by atoms with Crippen LogP contribution in [0.15, 0.2) is 0 Å². The minimum absolute atomic E-state index is 0.00687. The van der Waals surface area contributed by atoms with E-state index in [4.69, 9.17) is 5.14 Å². The summed E-state index contributed by atoms with van der Waals surface area (Å²) in [6.45, 7) is 1.68. The van der Waals surface area contributed by atoms with Crippen molar-refractivity contribution in [3.63, 3.8) is 0 Å². The number of hydrogen-bond donors (Lipinski definition) is 1. The third-order valence-corrected chi connectivity index (χ3v) is 2.24. The summed E-state index contributed by atoms with van der Waals surface area (Å²) in [5, 5.41) is 4.79. The van der Waals surface area contributed by atoms with E-state index in [-0.39, 0.29) is 11.7 Å². The van der Waals surface area contributed by atoms with Gasteiger partial charge in [0.25, 0.3) is 0 Å². The molecule has 0 aromatic heterocycles. The van der Waals surface area contributed by atoms with Crippen LogP contribution in [0.5, 0.6) is 0 Å². The molecule has 0 rings (SSSR count). The van der Waals surface area contributed by atoms with Crippen LogP contribution >= 0.6 is 0 Å². The van der Waals surface area contributed by atoms with Crippen LogP contribution in [0.25, 0.3) is 0 Å². The molecule has 0 fully saturated rings. The molecule has 0 aliphatic heterocycles. The molecule has 0 spiro atoms. The molecule has 5 nitrogen and oxygen atoms in total. The van der Waals surface area contributed by atoms with Crippen molar-refractivity contribution in [3.05, 3.63) is 0 Å². The van der Waals surface area contributed by atoms with Gasteiger partial charge in [0.15, 0.2) is 0 Å². The van der Waals surface area contributed by atoms with E-state index >= 15 is 0 Å². The fourth-order valence-corrected chi connectivity index (χ4v) is 1.40. The van der Waals surface area contributed by atoms with Crippen molar-refractivity contribution in [2.75, 3.05) is 12.4 Å². The first-order valence-electron chi connectivity index (χ1n) is 4.05. The average Bonchev–Trinajstić information content (AvgIpc) is 1.93. The topological polar surface area (TPSA) is 86.5 Å². The lowest BCUT2D eigenvalue weighted by Crippen LogP contribution is -2.16. The van der Waals surface area contributed by atoms with Gasteiger partial charge in [-0.3, -0.25) is 4.79 Å². The third-order valence-electron chi connectivity index (χ3n) is 1.38. The van der Waals surface area contributed by atoms with Crippen molar-refractivity contribution in [1.82, 2.24) is 0 Å². The van der Waals surface area contributed by atoms with Crippen molar-refractivity contribution in [2.24, 2.45) is 5.14 Å². The smallest absolute Gasteiger partial charge is 0.302 e. The van der Waals surface area contributed by atoms with Crippen molar-refractivity contribution in [3.8, 4) is 0 Å². The molecule has 2 N–H and O–H groups in total. The van der Waals surface area contributed by atoms with Crippen LogP contribution < -0.4 is 5.14 Å². The van der Waals surface area contributed by atoms with Gasteiger partial charge in [-0.25, -0.2) is 13.6 Å². The molecule has 6 heteroatoms. The molecule has 0 aliphatic rings. The fourth-order valence-electron chi connectivity index (χ4n) is 0.798. The summed E-state index contributed by atoms with van der Waals surface area (Å²) < 4.78 is 25.6. The maximum atomic E-state index is 10.5. The lowest BCUT2D eigenvalue weighted by molar-refractivity contribution is -0.141. The minimum Gasteiger partial charge on any atom is -0.466 e. The second-order valence-corrected chi connectivity index (χ2v) is 4.50. The predicted octanol–water partition coefficient (Wildman–Crippen LogP) is 0.00830. The van der Waals surface area contributed by atoms with Gasteiger partial charge in [0.1, 0.15) is 0 Å². The average molecular weight is 209 g/mol. The van der Waals surface area contributed by atoms with Crippen molar-refractivity contribution >= 4 is 16.0 Å². The maximum absolute atomic E-state index is 10.5. The Labute approximate surface area is 78.3 Å². The van der Waals surface area contributed by atoms with Gasteiger partial charge >= 0.3 is 5.97 Å². The van der Waals surface area contributed by atoms with E-state index in [1.54, 1.807) is 0 Å². The van der Waals surface area contributed by atoms with Crippen LogP contribution in [-0.2, 0) is 19.6 Å². The fraction of sp³-hybridized carbons (Fsp3) is 0.857. The number of ether oxygens (including phenoxy) is 1. The number of rotatable bonds is 6. The first-order valence-corrected chi connectivity index (χ1v) is 5.77. The zero-order chi connectivity index (χ0) is 10.3. The second-order valence-electron chi connectivity index (χ2n) is 2.77. The zero-order valence-electron chi connectivity index (χ0n) is 7.65. The summed E-state index contributed by atoms with van der Waals surface area (Å²) in [6.07, 6.45) is 1.89. The lowest BCUT2D eigenvalue weighted by atomic mass is 10.3. The van der Waals surface area contributed by atoms with Crippen LogP contribution in [0.3, 0.4) is 0 Å². The second kappa shape index (κ2) is 5.93. The summed E-state index contributed by atoms with van der Waals surface area (Å²) in [7, 11) is -3.34. The molecule has 13 heavy (non-hydrogen) atoms. The quantitative estimate of drug-likeness (QED) is 0.493. The first kappa shape index (κ1) is 12.4. The summed E-state index contributed by atoms with van der Waals surface area (Å²) in [5.41, 5.74) is 0. The zero-order valence-corrected chi connectivity index (χ0v) is 8.47. The highest BCUT2D eigenvalue weighted by atomic mass is 32.2. The van der Waals surface area contributed by atoms with E-state index in [0.29, 0.717) is 25.9 Å². The van der Waals surface area contributed by atoms with Gasteiger partial charge in [0, 0.05) is 6.92 Å². The molecular formula is C7H15NO4S. The standard InChI is InChI=1S/C7H15NO4S/c1-7(9)12-5-3-2-4-6-13(8,10)11/h2-6H2,1H3,(H2,8,10,11). The molecule has 0 saturated heterocycles. The Morgan fingerprint density at radius 1 is 1.31 bits per heavy atom. The maximum Gasteiger partial charge on any atom is 0.302 e. The molecule has 78 valence electrons. The number of unbranched alkanes of at least 4 members (excludes halogenated alkanes) is 2. The highest BCUT2D eigenvalue weighted by molar-refractivity contribution is 7.89. The molecule has 0 saturated carbocycles. The van der Waals surface area contributed by atoms with E-state index in [1.165, 1.54) is 6.92 Å². The Bertz CT molecular complexity index is 247. The van der Waals surface area contributed by atoms with E-state index in [1.807, 2.05) is 0 Å². The third kappa shape index (κ3) is 11.4. The molecule has 0 bridgehead atoms. The first-order chi connectivity index (χ1) is 5.92. The number of hydrogen-bond acceptors (Lipinski definition) is 4. The normalized spacial score (nSPS) is 11.2. The van der Waals surface area contributed by atoms with Gasteiger partial charge in [-0.15, -0.1) is 0 Å². The van der Waals surface area contributed by atoms with Gasteiger partial charge in [-0.05, 0) is 19.3 Å². The molecule has 0 atom stereocenters. The lowest BCUT2D eigenvalue weighted by Gasteiger charge is -2.00. The Balaban J connectivity index is 3.23. The van der Waals surface area contributed by atoms with Gasteiger partial charge in [-0.2, -0.15) is 0 Å². The molecular weight excluding hydrogens is 194 g/mol. The highest BCUT2D eigenvalue weighted by Gasteiger charge is 2.01. The van der Waals surface area contributed by atoms with Crippen LogP contribution in [0.4, 0.5) is 0 Å². The summed E-state index contributed by atoms with van der Waals surface area (Å²) in [6, 6.07) is 0. The molecule has 0 heterocycles. The summed E-state index contributed by atoms with van der Waals surface area (Å²) in [5.74, 6) is -0.320. The number of nitrogens with two attached hydrogens (primary N) is 1. The molecule has 0 aromatic rings. The predicted molar refractivity (Wildman–Crippen MR) is 48.5 cm³/mol. The molecule has 0 amide bonds. The van der Waals surface area contributed by atoms with Crippen LogP contribution in [0, 0.1) is 0 Å². The summed E-state index contributed by atoms with van der Waals surface area (Å²) >= 11 is 0. The van der Waals surface area contributed by atoms with Gasteiger partial charge < -0.3 is 4.74 Å². The van der Waals surface area contributed by atoms with Crippen LogP contribution in [0.1, 0.15) is 26.2 Å². The van der Waals surface area contributed by atoms with Crippen molar-refractivity contribution < 1.29 is 17.9 Å². The van der Waals surface area contributed by atoms with Crippen molar-refractivity contribution in [2.45, 2.75) is 26.2 Å². The largest absolute Gasteiger partial charge is 0.466 e. The Morgan fingerprint density at radius 3 is 2.38 bits per heavy atom. The molecule has 0 aromatic carbocycles. The van der Waals surface area contributed by atoms with Crippen LogP contribution in [0.2, 0.25) is 0 Å².